The van der Waals surface area contributed by atoms with E-state index in [4.69, 9.17) is 9.72 Å². The average molecular weight is 340 g/mol. The first kappa shape index (κ1) is 17.4. The minimum atomic E-state index is -0.347. The Balaban J connectivity index is 1.92. The molecule has 0 unspecified atom stereocenters. The molecule has 0 N–H and O–H groups in total. The van der Waals surface area contributed by atoms with Gasteiger partial charge in [0.2, 0.25) is 0 Å². The summed E-state index contributed by atoms with van der Waals surface area (Å²) in [7, 11) is 0. The minimum absolute atomic E-state index is 0.347. The van der Waals surface area contributed by atoms with Crippen LogP contribution in [0, 0.1) is 0 Å². The van der Waals surface area contributed by atoms with E-state index in [9.17, 15) is 4.79 Å². The zero-order valence-corrected chi connectivity index (χ0v) is 14.8. The van der Waals surface area contributed by atoms with Gasteiger partial charge in [0.05, 0.1) is 6.54 Å². The van der Waals surface area contributed by atoms with Crippen molar-refractivity contribution in [1.29, 1.82) is 0 Å². The van der Waals surface area contributed by atoms with Crippen LogP contribution in [0.1, 0.15) is 24.2 Å². The summed E-state index contributed by atoms with van der Waals surface area (Å²) in [5.74, 6) is 0.949. The van der Waals surface area contributed by atoms with E-state index in [0.717, 1.165) is 31.7 Å². The lowest BCUT2D eigenvalue weighted by molar-refractivity contribution is 0.0525. The van der Waals surface area contributed by atoms with Crippen LogP contribution in [0.2, 0.25) is 0 Å². The Morgan fingerprint density at radius 2 is 1.96 bits per heavy atom. The van der Waals surface area contributed by atoms with E-state index >= 15 is 0 Å². The van der Waals surface area contributed by atoms with Crippen LogP contribution in [0.15, 0.2) is 36.5 Å². The fourth-order valence-corrected chi connectivity index (χ4v) is 2.94. The molecular formula is C19H24N4O2. The largest absolute Gasteiger partial charge is 0.460 e. The van der Waals surface area contributed by atoms with Gasteiger partial charge in [0.25, 0.3) is 0 Å². The highest BCUT2D eigenvalue weighted by Gasteiger charge is 2.25. The summed E-state index contributed by atoms with van der Waals surface area (Å²) in [6.45, 7) is 9.06. The van der Waals surface area contributed by atoms with Crippen LogP contribution in [-0.2, 0) is 4.74 Å². The topological polar surface area (TPSA) is 58.6 Å². The Hall–Kier alpha value is -2.47. The highest BCUT2D eigenvalue weighted by atomic mass is 16.5. The Morgan fingerprint density at radius 1 is 1.20 bits per heavy atom. The Morgan fingerprint density at radius 3 is 2.68 bits per heavy atom. The number of likely N-dealkylation sites (N-methyl/N-ethyl adjacent to an activating group) is 1. The zero-order valence-electron chi connectivity index (χ0n) is 14.8. The number of hydrogen-bond donors (Lipinski definition) is 0. The second-order valence-corrected chi connectivity index (χ2v) is 5.95. The van der Waals surface area contributed by atoms with E-state index in [1.807, 2.05) is 30.3 Å². The van der Waals surface area contributed by atoms with Gasteiger partial charge in [0, 0.05) is 24.8 Å². The van der Waals surface area contributed by atoms with Gasteiger partial charge in [-0.2, -0.15) is 0 Å². The van der Waals surface area contributed by atoms with Crippen molar-refractivity contribution in [2.45, 2.75) is 13.8 Å². The van der Waals surface area contributed by atoms with Gasteiger partial charge in [-0.3, -0.25) is 0 Å². The van der Waals surface area contributed by atoms with Gasteiger partial charge >= 0.3 is 5.97 Å². The second kappa shape index (κ2) is 8.07. The third kappa shape index (κ3) is 3.96. The minimum Gasteiger partial charge on any atom is -0.460 e. The first-order valence-corrected chi connectivity index (χ1v) is 8.79. The maximum absolute atomic E-state index is 12.2. The molecule has 0 saturated heterocycles. The molecule has 1 aliphatic rings. The lowest BCUT2D eigenvalue weighted by atomic mass is 10.2. The summed E-state index contributed by atoms with van der Waals surface area (Å²) >= 11 is 0. The van der Waals surface area contributed by atoms with Crippen molar-refractivity contribution in [3.8, 4) is 11.4 Å². The van der Waals surface area contributed by atoms with Crippen LogP contribution in [0.4, 0.5) is 5.82 Å². The molecule has 0 bridgehead atoms. The molecule has 0 spiro atoms. The summed E-state index contributed by atoms with van der Waals surface area (Å²) < 4.78 is 5.29. The molecule has 0 fully saturated rings. The number of benzene rings is 1. The number of ether oxygens (including phenoxy) is 1. The van der Waals surface area contributed by atoms with Crippen molar-refractivity contribution in [3.63, 3.8) is 0 Å². The molecule has 0 radical (unpaired) electrons. The molecule has 6 heteroatoms. The quantitative estimate of drug-likeness (QED) is 0.753. The molecule has 3 rings (SSSR count). The number of fused-ring (bicyclic) bond motifs is 1. The number of esters is 1. The smallest absolute Gasteiger partial charge is 0.343 e. The van der Waals surface area contributed by atoms with Gasteiger partial charge in [-0.05, 0) is 13.1 Å². The maximum Gasteiger partial charge on any atom is 0.343 e. The van der Waals surface area contributed by atoms with Gasteiger partial charge in [-0.15, -0.1) is 0 Å². The number of anilines is 1. The number of hydrogen-bond acceptors (Lipinski definition) is 6. The Labute approximate surface area is 148 Å². The van der Waals surface area contributed by atoms with Gasteiger partial charge in [0.15, 0.2) is 5.82 Å². The van der Waals surface area contributed by atoms with E-state index in [-0.39, 0.29) is 5.97 Å². The van der Waals surface area contributed by atoms with E-state index in [2.05, 4.69) is 28.6 Å². The van der Waals surface area contributed by atoms with Crippen LogP contribution >= 0.6 is 0 Å². The van der Waals surface area contributed by atoms with Crippen molar-refractivity contribution in [2.24, 2.45) is 0 Å². The van der Waals surface area contributed by atoms with Crippen molar-refractivity contribution in [1.82, 2.24) is 14.9 Å². The van der Waals surface area contributed by atoms with Crippen LogP contribution in [0.3, 0.4) is 0 Å². The molecule has 6 nitrogen and oxygen atoms in total. The van der Waals surface area contributed by atoms with Crippen LogP contribution in [0.25, 0.3) is 11.4 Å². The molecule has 1 aromatic heterocycles. The first-order valence-electron chi connectivity index (χ1n) is 8.79. The predicted molar refractivity (Wildman–Crippen MR) is 97.8 cm³/mol. The normalized spacial score (nSPS) is 14.2. The van der Waals surface area contributed by atoms with Gasteiger partial charge in [-0.1, -0.05) is 44.2 Å². The molecule has 0 saturated carbocycles. The molecule has 25 heavy (non-hydrogen) atoms. The second-order valence-electron chi connectivity index (χ2n) is 5.95. The molecular weight excluding hydrogens is 316 g/mol. The third-order valence-corrected chi connectivity index (χ3v) is 4.50. The highest BCUT2D eigenvalue weighted by Crippen LogP contribution is 2.24. The lowest BCUT2D eigenvalue weighted by Gasteiger charge is -2.26. The fourth-order valence-electron chi connectivity index (χ4n) is 2.94. The number of rotatable bonds is 6. The number of carbonyl (C=O) groups is 1. The SMILES string of the molecule is CCN(CC)CCN1CCOC(=O)c2cnc(-c3ccccc3)nc21. The van der Waals surface area contributed by atoms with E-state index in [1.165, 1.54) is 0 Å². The number of cyclic esters (lactones) is 1. The Kier molecular flexibility index (Phi) is 5.60. The molecule has 2 aromatic rings. The van der Waals surface area contributed by atoms with Gasteiger partial charge < -0.3 is 14.5 Å². The Bertz CT molecular complexity index is 717. The molecule has 0 aliphatic carbocycles. The summed E-state index contributed by atoms with van der Waals surface area (Å²) in [5, 5.41) is 0. The maximum atomic E-state index is 12.2. The van der Waals surface area contributed by atoms with Crippen molar-refractivity contribution in [2.75, 3.05) is 44.2 Å². The van der Waals surface area contributed by atoms with E-state index in [0.29, 0.717) is 30.4 Å². The standard InChI is InChI=1S/C19H24N4O2/c1-3-22(4-2)10-11-23-12-13-25-19(24)16-14-20-17(21-18(16)23)15-8-6-5-7-9-15/h5-9,14H,3-4,10-13H2,1-2H3. The lowest BCUT2D eigenvalue weighted by Crippen LogP contribution is -2.37. The molecule has 132 valence electrons. The van der Waals surface area contributed by atoms with Crippen LogP contribution < -0.4 is 4.90 Å². The fraction of sp³-hybridized carbons (Fsp3) is 0.421. The monoisotopic (exact) mass is 340 g/mol. The third-order valence-electron chi connectivity index (χ3n) is 4.50. The van der Waals surface area contributed by atoms with Crippen molar-refractivity contribution < 1.29 is 9.53 Å². The van der Waals surface area contributed by atoms with Crippen LogP contribution in [-0.4, -0.2) is 60.2 Å². The summed E-state index contributed by atoms with van der Waals surface area (Å²) in [5.41, 5.74) is 1.38. The van der Waals surface area contributed by atoms with Crippen molar-refractivity contribution in [3.05, 3.63) is 42.1 Å². The summed E-state index contributed by atoms with van der Waals surface area (Å²) in [6.07, 6.45) is 1.59. The molecule has 0 amide bonds. The number of nitrogens with zero attached hydrogens (tertiary/aromatic N) is 4. The van der Waals surface area contributed by atoms with Gasteiger partial charge in [-0.25, -0.2) is 14.8 Å². The highest BCUT2D eigenvalue weighted by molar-refractivity contribution is 5.95. The predicted octanol–water partition coefficient (Wildman–Crippen LogP) is 2.46. The van der Waals surface area contributed by atoms with E-state index < -0.39 is 0 Å². The van der Waals surface area contributed by atoms with Gasteiger partial charge in [0.1, 0.15) is 18.0 Å². The molecule has 2 heterocycles. The first-order chi connectivity index (χ1) is 12.2. The van der Waals surface area contributed by atoms with E-state index in [1.54, 1.807) is 6.20 Å². The summed E-state index contributed by atoms with van der Waals surface area (Å²) in [4.78, 5) is 25.8. The average Bonchev–Trinajstić information content (AvgIpc) is 2.82. The zero-order chi connectivity index (χ0) is 17.6. The molecule has 1 aliphatic heterocycles. The molecule has 1 aromatic carbocycles. The number of carbonyl (C=O) groups excluding carboxylic acids is 1. The van der Waals surface area contributed by atoms with Crippen LogP contribution in [0.5, 0.6) is 0 Å². The summed E-state index contributed by atoms with van der Waals surface area (Å²) in [6, 6.07) is 9.81. The number of aromatic nitrogens is 2. The van der Waals surface area contributed by atoms with Crippen molar-refractivity contribution >= 4 is 11.8 Å². The molecule has 0 atom stereocenters.